The fourth-order valence-corrected chi connectivity index (χ4v) is 2.09. The molecule has 1 heterocycles. The second kappa shape index (κ2) is 2.86. The van der Waals surface area contributed by atoms with Crippen LogP contribution < -0.4 is 5.73 Å². The average Bonchev–Trinajstić information content (AvgIpc) is 2.08. The molecule has 0 unspecified atom stereocenters. The molecular formula is C5H8N2O2S2. The van der Waals surface area contributed by atoms with Gasteiger partial charge in [-0.25, -0.2) is 13.4 Å². The van der Waals surface area contributed by atoms with Crippen LogP contribution in [0.1, 0.15) is 0 Å². The molecule has 0 radical (unpaired) electrons. The van der Waals surface area contributed by atoms with E-state index in [-0.39, 0.29) is 5.17 Å². The Hall–Kier alpha value is -0.490. The van der Waals surface area contributed by atoms with Crippen molar-refractivity contribution in [3.8, 4) is 0 Å². The highest BCUT2D eigenvalue weighted by molar-refractivity contribution is 8.09. The first kappa shape index (κ1) is 8.61. The van der Waals surface area contributed by atoms with Crippen LogP contribution in [-0.2, 0) is 9.84 Å². The van der Waals surface area contributed by atoms with Gasteiger partial charge in [-0.3, -0.25) is 0 Å². The number of nitrogens with two attached hydrogens (primary N) is 1. The predicted octanol–water partition coefficient (Wildman–Crippen LogP) is -0.0661. The summed E-state index contributed by atoms with van der Waals surface area (Å²) in [6.45, 7) is 0. The molecule has 0 spiro atoms. The predicted molar refractivity (Wildman–Crippen MR) is 47.0 cm³/mol. The van der Waals surface area contributed by atoms with E-state index < -0.39 is 9.84 Å². The van der Waals surface area contributed by atoms with Crippen LogP contribution in [-0.4, -0.2) is 25.6 Å². The Morgan fingerprint density at radius 1 is 1.73 bits per heavy atom. The molecule has 1 rings (SSSR count). The topological polar surface area (TPSA) is 72.5 Å². The van der Waals surface area contributed by atoms with E-state index in [2.05, 4.69) is 4.99 Å². The molecule has 0 bridgehead atoms. The van der Waals surface area contributed by atoms with Gasteiger partial charge < -0.3 is 5.73 Å². The molecule has 0 fully saturated rings. The van der Waals surface area contributed by atoms with Crippen molar-refractivity contribution in [2.75, 3.05) is 12.0 Å². The Morgan fingerprint density at radius 2 is 2.36 bits per heavy atom. The van der Waals surface area contributed by atoms with E-state index in [9.17, 15) is 8.42 Å². The van der Waals surface area contributed by atoms with E-state index in [1.165, 1.54) is 11.8 Å². The van der Waals surface area contributed by atoms with Crippen molar-refractivity contribution in [3.63, 3.8) is 0 Å². The van der Waals surface area contributed by atoms with Crippen LogP contribution in [0.25, 0.3) is 0 Å². The summed E-state index contributed by atoms with van der Waals surface area (Å²) in [6, 6.07) is 0. The van der Waals surface area contributed by atoms with Crippen molar-refractivity contribution in [2.45, 2.75) is 0 Å². The maximum absolute atomic E-state index is 10.9. The van der Waals surface area contributed by atoms with Gasteiger partial charge in [-0.2, -0.15) is 11.8 Å². The van der Waals surface area contributed by atoms with Gasteiger partial charge in [0.25, 0.3) is 0 Å². The summed E-state index contributed by atoms with van der Waals surface area (Å²) in [5, 5.41) is 0.820. The van der Waals surface area contributed by atoms with Gasteiger partial charge in [0.2, 0.25) is 15.0 Å². The molecule has 0 aromatic carbocycles. The lowest BCUT2D eigenvalue weighted by Crippen LogP contribution is -2.18. The van der Waals surface area contributed by atoms with E-state index in [1.54, 1.807) is 0 Å². The minimum atomic E-state index is -3.34. The van der Waals surface area contributed by atoms with Crippen molar-refractivity contribution >= 4 is 26.8 Å². The standard InChI is InChI=1S/C5H8N2O2S2/c1-10-2-4-3-11(8,9)5(6)7-4/h3H,2H2,1H3,(H2,6,7). The SMILES string of the molecule is CSCC1=CS(=O)(=O)C(N)=N1. The number of amidine groups is 1. The van der Waals surface area contributed by atoms with Gasteiger partial charge in [0, 0.05) is 5.75 Å². The molecule has 6 heteroatoms. The molecule has 0 amide bonds. The third-order valence-corrected chi connectivity index (χ3v) is 2.97. The van der Waals surface area contributed by atoms with Crippen molar-refractivity contribution in [3.05, 3.63) is 11.1 Å². The van der Waals surface area contributed by atoms with Gasteiger partial charge >= 0.3 is 0 Å². The summed E-state index contributed by atoms with van der Waals surface area (Å²) in [5.41, 5.74) is 5.66. The number of nitrogens with zero attached hydrogens (tertiary/aromatic N) is 1. The summed E-state index contributed by atoms with van der Waals surface area (Å²) in [5.74, 6) is 0.583. The molecular weight excluding hydrogens is 184 g/mol. The number of rotatable bonds is 2. The maximum atomic E-state index is 10.9. The van der Waals surface area contributed by atoms with Crippen LogP contribution in [0.4, 0.5) is 0 Å². The van der Waals surface area contributed by atoms with E-state index >= 15 is 0 Å². The first-order valence-corrected chi connectivity index (χ1v) is 5.79. The molecule has 1 aliphatic rings. The quantitative estimate of drug-likeness (QED) is 0.665. The molecule has 2 N–H and O–H groups in total. The molecule has 11 heavy (non-hydrogen) atoms. The third-order valence-electron chi connectivity index (χ3n) is 1.13. The lowest BCUT2D eigenvalue weighted by molar-refractivity contribution is 0.615. The second-order valence-corrected chi connectivity index (χ2v) is 4.65. The lowest BCUT2D eigenvalue weighted by Gasteiger charge is -1.88. The summed E-state index contributed by atoms with van der Waals surface area (Å²) in [7, 11) is -3.34. The summed E-state index contributed by atoms with van der Waals surface area (Å²) in [4.78, 5) is 3.68. The van der Waals surface area contributed by atoms with Gasteiger partial charge in [-0.1, -0.05) is 0 Å². The minimum Gasteiger partial charge on any atom is -0.374 e. The zero-order valence-electron chi connectivity index (χ0n) is 5.94. The molecule has 62 valence electrons. The molecule has 0 atom stereocenters. The van der Waals surface area contributed by atoms with Gasteiger partial charge in [-0.05, 0) is 6.26 Å². The second-order valence-electron chi connectivity index (χ2n) is 2.04. The highest BCUT2D eigenvalue weighted by Crippen LogP contribution is 2.15. The number of sulfone groups is 1. The van der Waals surface area contributed by atoms with E-state index in [4.69, 9.17) is 5.73 Å². The third kappa shape index (κ3) is 1.75. The van der Waals surface area contributed by atoms with Crippen molar-refractivity contribution < 1.29 is 8.42 Å². The molecule has 1 aliphatic heterocycles. The van der Waals surface area contributed by atoms with E-state index in [1.807, 2.05) is 6.26 Å². The number of thioether (sulfide) groups is 1. The van der Waals surface area contributed by atoms with Gasteiger partial charge in [0.15, 0.2) is 0 Å². The van der Waals surface area contributed by atoms with Crippen LogP contribution in [0.3, 0.4) is 0 Å². The van der Waals surface area contributed by atoms with Crippen LogP contribution in [0.2, 0.25) is 0 Å². The summed E-state index contributed by atoms with van der Waals surface area (Å²) < 4.78 is 21.8. The van der Waals surface area contributed by atoms with Gasteiger partial charge in [0.1, 0.15) is 0 Å². The maximum Gasteiger partial charge on any atom is 0.234 e. The number of hydrogen-bond donors (Lipinski definition) is 1. The molecule has 0 aromatic rings. The largest absolute Gasteiger partial charge is 0.374 e. The number of aliphatic imine (C=N–C) groups is 1. The van der Waals surface area contributed by atoms with Crippen LogP contribution in [0.15, 0.2) is 16.1 Å². The lowest BCUT2D eigenvalue weighted by atomic mass is 10.6. The van der Waals surface area contributed by atoms with Crippen molar-refractivity contribution in [1.29, 1.82) is 0 Å². The number of hydrogen-bond acceptors (Lipinski definition) is 5. The van der Waals surface area contributed by atoms with Crippen molar-refractivity contribution in [2.24, 2.45) is 10.7 Å². The Labute approximate surface area is 69.5 Å². The normalized spacial score (nSPS) is 21.2. The Balaban J connectivity index is 2.92. The Bertz CT molecular complexity index is 315. The van der Waals surface area contributed by atoms with Crippen LogP contribution in [0, 0.1) is 0 Å². The minimum absolute atomic E-state index is 0.290. The molecule has 4 nitrogen and oxygen atoms in total. The molecule has 0 saturated heterocycles. The van der Waals surface area contributed by atoms with Crippen molar-refractivity contribution in [1.82, 2.24) is 0 Å². The van der Waals surface area contributed by atoms with Gasteiger partial charge in [-0.15, -0.1) is 0 Å². The average molecular weight is 192 g/mol. The monoisotopic (exact) mass is 192 g/mol. The van der Waals surface area contributed by atoms with Gasteiger partial charge in [0.05, 0.1) is 11.1 Å². The van der Waals surface area contributed by atoms with Crippen LogP contribution in [0.5, 0.6) is 0 Å². The Kier molecular flexibility index (Phi) is 2.24. The van der Waals surface area contributed by atoms with E-state index in [0.29, 0.717) is 11.4 Å². The highest BCUT2D eigenvalue weighted by atomic mass is 32.2. The molecule has 0 aliphatic carbocycles. The zero-order chi connectivity index (χ0) is 8.48. The first-order valence-electron chi connectivity index (χ1n) is 2.85. The fourth-order valence-electron chi connectivity index (χ4n) is 0.685. The molecule has 0 aromatic heterocycles. The van der Waals surface area contributed by atoms with E-state index in [0.717, 1.165) is 5.41 Å². The summed E-state index contributed by atoms with van der Waals surface area (Å²) >= 11 is 1.51. The zero-order valence-corrected chi connectivity index (χ0v) is 7.58. The Morgan fingerprint density at radius 3 is 2.73 bits per heavy atom. The smallest absolute Gasteiger partial charge is 0.234 e. The van der Waals surface area contributed by atoms with Crippen LogP contribution >= 0.6 is 11.8 Å². The highest BCUT2D eigenvalue weighted by Gasteiger charge is 2.20. The summed E-state index contributed by atoms with van der Waals surface area (Å²) in [6.07, 6.45) is 1.87. The molecule has 0 saturated carbocycles. The fraction of sp³-hybridized carbons (Fsp3) is 0.400. The first-order chi connectivity index (χ1) is 5.06.